The summed E-state index contributed by atoms with van der Waals surface area (Å²) in [5.74, 6) is 0. The van der Waals surface area contributed by atoms with E-state index in [1.165, 1.54) is 96.5 Å². The number of rotatable bonds is 6. The second-order valence-electron chi connectivity index (χ2n) is 16.5. The second kappa shape index (κ2) is 14.3. The number of hydrogen-bond acceptors (Lipinski definition) is 2. The highest BCUT2D eigenvalue weighted by atomic mass is 32.1. The fourth-order valence-corrected chi connectivity index (χ4v) is 11.3. The first-order valence-electron chi connectivity index (χ1n) is 21.6. The molecule has 0 unspecified atom stereocenters. The Morgan fingerprint density at radius 2 is 0.825 bits per heavy atom. The Morgan fingerprint density at radius 1 is 0.302 bits per heavy atom. The van der Waals surface area contributed by atoms with Crippen LogP contribution in [0.15, 0.2) is 231 Å². The number of benzene rings is 11. The van der Waals surface area contributed by atoms with Crippen LogP contribution in [0.3, 0.4) is 0 Å². The molecular weight excluding hydrogens is 781 g/mol. The number of fused-ring (bicyclic) bond motifs is 11. The highest BCUT2D eigenvalue weighted by molar-refractivity contribution is 7.27. The van der Waals surface area contributed by atoms with Crippen molar-refractivity contribution in [1.82, 2.24) is 4.57 Å². The zero-order valence-corrected chi connectivity index (χ0v) is 35.1. The van der Waals surface area contributed by atoms with E-state index in [0.717, 1.165) is 22.7 Å². The molecule has 3 heteroatoms. The van der Waals surface area contributed by atoms with Gasteiger partial charge < -0.3 is 9.47 Å². The predicted molar refractivity (Wildman–Crippen MR) is 272 cm³/mol. The Balaban J connectivity index is 0.911. The van der Waals surface area contributed by atoms with E-state index in [2.05, 4.69) is 240 Å². The summed E-state index contributed by atoms with van der Waals surface area (Å²) in [6.07, 6.45) is 0. The number of anilines is 3. The molecule has 0 N–H and O–H groups in total. The smallest absolute Gasteiger partial charge is 0.0541 e. The zero-order valence-electron chi connectivity index (χ0n) is 34.2. The lowest BCUT2D eigenvalue weighted by Gasteiger charge is -2.26. The van der Waals surface area contributed by atoms with Crippen LogP contribution in [0.1, 0.15) is 0 Å². The van der Waals surface area contributed by atoms with E-state index < -0.39 is 0 Å². The fourth-order valence-electron chi connectivity index (χ4n) is 9.96. The van der Waals surface area contributed by atoms with Crippen molar-refractivity contribution in [2.75, 3.05) is 4.90 Å². The molecule has 2 heterocycles. The molecule has 0 bridgehead atoms. The third-order valence-electron chi connectivity index (χ3n) is 13.0. The van der Waals surface area contributed by atoms with Gasteiger partial charge in [0, 0.05) is 53.7 Å². The minimum atomic E-state index is 1.10. The maximum absolute atomic E-state index is 2.39. The molecule has 0 atom stereocenters. The van der Waals surface area contributed by atoms with Crippen molar-refractivity contribution in [3.05, 3.63) is 231 Å². The lowest BCUT2D eigenvalue weighted by atomic mass is 10.00. The Morgan fingerprint density at radius 3 is 1.57 bits per heavy atom. The standard InChI is InChI=1S/C60H38N2S/c1-3-15-49-40(11-1)23-24-44-38-48(34-36-50(44)49)61(46-32-27-42(28-33-46)52-19-10-20-55-56-35-29-41-12-2-4-16-51(41)60(56)63-59(52)55)45-30-25-39(26-31-45)43-13-9-14-47(37-43)62-57-21-7-5-17-53(57)54-18-6-8-22-58(54)62/h1-38H. The van der Waals surface area contributed by atoms with E-state index in [1.54, 1.807) is 0 Å². The van der Waals surface area contributed by atoms with Gasteiger partial charge in [-0.05, 0) is 115 Å². The maximum Gasteiger partial charge on any atom is 0.0541 e. The molecule has 2 nitrogen and oxygen atoms in total. The van der Waals surface area contributed by atoms with E-state index >= 15 is 0 Å². The van der Waals surface area contributed by atoms with Gasteiger partial charge in [-0.15, -0.1) is 11.3 Å². The third-order valence-corrected chi connectivity index (χ3v) is 14.2. The fraction of sp³-hybridized carbons (Fsp3) is 0. The number of para-hydroxylation sites is 2. The first kappa shape index (κ1) is 35.7. The number of thiophene rings is 1. The molecule has 0 saturated heterocycles. The van der Waals surface area contributed by atoms with Crippen molar-refractivity contribution in [2.45, 2.75) is 0 Å². The lowest BCUT2D eigenvalue weighted by molar-refractivity contribution is 1.18. The van der Waals surface area contributed by atoms with Gasteiger partial charge in [0.2, 0.25) is 0 Å². The van der Waals surface area contributed by atoms with Gasteiger partial charge >= 0.3 is 0 Å². The highest BCUT2D eigenvalue weighted by Gasteiger charge is 2.18. The van der Waals surface area contributed by atoms with Gasteiger partial charge in [-0.1, -0.05) is 170 Å². The van der Waals surface area contributed by atoms with Crippen molar-refractivity contribution < 1.29 is 0 Å². The van der Waals surface area contributed by atoms with Crippen LogP contribution in [-0.4, -0.2) is 4.57 Å². The molecule has 0 fully saturated rings. The number of aromatic nitrogens is 1. The molecule has 11 aromatic carbocycles. The summed E-state index contributed by atoms with van der Waals surface area (Å²) >= 11 is 1.91. The van der Waals surface area contributed by atoms with Gasteiger partial charge in [0.05, 0.1) is 11.0 Å². The van der Waals surface area contributed by atoms with Crippen LogP contribution in [0.25, 0.3) is 102 Å². The van der Waals surface area contributed by atoms with Crippen molar-refractivity contribution in [3.63, 3.8) is 0 Å². The SMILES string of the molecule is c1cc(-c2ccc(N(c3ccc(-c4cccc5c4sc4c6ccccc6ccc54)cc3)c3ccc4c(ccc5ccccc54)c3)cc2)cc(-n2c3ccccc3c3ccccc32)c1. The van der Waals surface area contributed by atoms with Gasteiger partial charge in [0.15, 0.2) is 0 Å². The molecule has 0 radical (unpaired) electrons. The summed E-state index contributed by atoms with van der Waals surface area (Å²) < 4.78 is 5.07. The average molecular weight is 819 g/mol. The minimum absolute atomic E-state index is 1.10. The van der Waals surface area contributed by atoms with E-state index in [9.17, 15) is 0 Å². The van der Waals surface area contributed by atoms with Crippen LogP contribution in [0, 0.1) is 0 Å². The van der Waals surface area contributed by atoms with Gasteiger partial charge in [-0.2, -0.15) is 0 Å². The summed E-state index contributed by atoms with van der Waals surface area (Å²) in [6, 6.07) is 84.6. The summed E-state index contributed by atoms with van der Waals surface area (Å²) in [7, 11) is 0. The molecule has 0 aliphatic carbocycles. The van der Waals surface area contributed by atoms with Gasteiger partial charge in [-0.3, -0.25) is 0 Å². The highest BCUT2D eigenvalue weighted by Crippen LogP contribution is 2.44. The van der Waals surface area contributed by atoms with Crippen LogP contribution in [0.4, 0.5) is 17.1 Å². The van der Waals surface area contributed by atoms with E-state index in [0.29, 0.717) is 0 Å². The lowest BCUT2D eigenvalue weighted by Crippen LogP contribution is -2.09. The molecule has 0 spiro atoms. The zero-order chi connectivity index (χ0) is 41.4. The Hall–Kier alpha value is -7.98. The number of hydrogen-bond donors (Lipinski definition) is 0. The summed E-state index contributed by atoms with van der Waals surface area (Å²) in [5, 5.41) is 12.8. The molecule has 63 heavy (non-hydrogen) atoms. The average Bonchev–Trinajstić information content (AvgIpc) is 3.91. The molecule has 0 aliphatic heterocycles. The van der Waals surface area contributed by atoms with Crippen LogP contribution in [-0.2, 0) is 0 Å². The molecule has 0 saturated carbocycles. The topological polar surface area (TPSA) is 8.17 Å². The Bertz CT molecular complexity index is 3860. The first-order chi connectivity index (χ1) is 31.2. The maximum atomic E-state index is 2.39. The van der Waals surface area contributed by atoms with Crippen molar-refractivity contribution in [2.24, 2.45) is 0 Å². The molecule has 13 rings (SSSR count). The van der Waals surface area contributed by atoms with E-state index in [1.807, 2.05) is 11.3 Å². The molecule has 13 aromatic rings. The van der Waals surface area contributed by atoms with Crippen LogP contribution in [0.2, 0.25) is 0 Å². The number of nitrogens with zero attached hydrogens (tertiary/aromatic N) is 2. The molecule has 2 aromatic heterocycles. The summed E-state index contributed by atoms with van der Waals surface area (Å²) in [4.78, 5) is 2.39. The largest absolute Gasteiger partial charge is 0.310 e. The van der Waals surface area contributed by atoms with Crippen molar-refractivity contribution >= 4 is 103 Å². The molecular formula is C60H38N2S. The normalized spacial score (nSPS) is 11.8. The summed E-state index contributed by atoms with van der Waals surface area (Å²) in [6.45, 7) is 0. The monoisotopic (exact) mass is 818 g/mol. The van der Waals surface area contributed by atoms with Crippen LogP contribution >= 0.6 is 11.3 Å². The second-order valence-corrected chi connectivity index (χ2v) is 17.5. The molecule has 0 amide bonds. The van der Waals surface area contributed by atoms with Crippen molar-refractivity contribution in [1.29, 1.82) is 0 Å². The van der Waals surface area contributed by atoms with Gasteiger partial charge in [-0.25, -0.2) is 0 Å². The minimum Gasteiger partial charge on any atom is -0.310 e. The predicted octanol–water partition coefficient (Wildman–Crippen LogP) is 17.4. The molecule has 294 valence electrons. The van der Waals surface area contributed by atoms with Crippen LogP contribution < -0.4 is 4.90 Å². The third kappa shape index (κ3) is 5.78. The Kier molecular flexibility index (Phi) is 8.12. The van der Waals surface area contributed by atoms with Crippen LogP contribution in [0.5, 0.6) is 0 Å². The van der Waals surface area contributed by atoms with Gasteiger partial charge in [0.25, 0.3) is 0 Å². The van der Waals surface area contributed by atoms with E-state index in [-0.39, 0.29) is 0 Å². The first-order valence-corrected chi connectivity index (χ1v) is 22.4. The summed E-state index contributed by atoms with van der Waals surface area (Å²) in [5.41, 5.74) is 11.7. The van der Waals surface area contributed by atoms with Crippen molar-refractivity contribution in [3.8, 4) is 27.9 Å². The quantitative estimate of drug-likeness (QED) is 0.152. The van der Waals surface area contributed by atoms with Gasteiger partial charge in [0.1, 0.15) is 0 Å². The Labute approximate surface area is 368 Å². The molecule has 0 aliphatic rings. The van der Waals surface area contributed by atoms with E-state index in [4.69, 9.17) is 0 Å².